The van der Waals surface area contributed by atoms with Crippen LogP contribution in [0, 0.1) is 11.3 Å². The second-order valence-electron chi connectivity index (χ2n) is 5.92. The van der Waals surface area contributed by atoms with Crippen molar-refractivity contribution < 1.29 is 22.7 Å². The summed E-state index contributed by atoms with van der Waals surface area (Å²) < 4.78 is 42.8. The normalized spacial score (nSPS) is 16.6. The van der Waals surface area contributed by atoms with E-state index in [-0.39, 0.29) is 6.42 Å². The van der Waals surface area contributed by atoms with Crippen LogP contribution >= 0.6 is 0 Å². The molecular formula is C12H22F3NO2. The first-order chi connectivity index (χ1) is 7.84. The predicted octanol–water partition coefficient (Wildman–Crippen LogP) is 2.88. The summed E-state index contributed by atoms with van der Waals surface area (Å²) >= 11 is 0. The van der Waals surface area contributed by atoms with E-state index in [1.54, 1.807) is 34.6 Å². The van der Waals surface area contributed by atoms with Gasteiger partial charge in [0.15, 0.2) is 0 Å². The van der Waals surface area contributed by atoms with Crippen molar-refractivity contribution >= 4 is 5.97 Å². The maximum Gasteiger partial charge on any atom is 0.404 e. The standard InChI is InChI=1S/C12H22F3NO2/c1-7(2)18-10(17)8(6-11(3,4)5)9(16)12(13,14)15/h7-9H,6,16H2,1-5H3/t8-,9-/m0/s1. The van der Waals surface area contributed by atoms with Gasteiger partial charge < -0.3 is 10.5 Å². The summed E-state index contributed by atoms with van der Waals surface area (Å²) in [4.78, 5) is 11.7. The minimum atomic E-state index is -4.61. The molecule has 0 aromatic rings. The van der Waals surface area contributed by atoms with Crippen molar-refractivity contribution in [1.29, 1.82) is 0 Å². The van der Waals surface area contributed by atoms with Crippen LogP contribution in [0.4, 0.5) is 13.2 Å². The fourth-order valence-corrected chi connectivity index (χ4v) is 1.56. The summed E-state index contributed by atoms with van der Waals surface area (Å²) in [6.45, 7) is 8.44. The third kappa shape index (κ3) is 6.23. The van der Waals surface area contributed by atoms with Crippen molar-refractivity contribution in [2.75, 3.05) is 0 Å². The molecule has 2 atom stereocenters. The summed E-state index contributed by atoms with van der Waals surface area (Å²) in [5, 5.41) is 0. The van der Waals surface area contributed by atoms with Gasteiger partial charge in [-0.05, 0) is 25.7 Å². The first-order valence-electron chi connectivity index (χ1n) is 5.87. The van der Waals surface area contributed by atoms with Crippen LogP contribution in [0.3, 0.4) is 0 Å². The van der Waals surface area contributed by atoms with Gasteiger partial charge in [0.05, 0.1) is 12.0 Å². The van der Waals surface area contributed by atoms with Crippen molar-refractivity contribution in [2.45, 2.75) is 59.4 Å². The Kier molecular flexibility index (Phi) is 5.65. The van der Waals surface area contributed by atoms with Crippen molar-refractivity contribution in [3.8, 4) is 0 Å². The molecule has 0 amide bonds. The van der Waals surface area contributed by atoms with Crippen molar-refractivity contribution in [2.24, 2.45) is 17.1 Å². The number of rotatable bonds is 4. The molecule has 0 aliphatic rings. The lowest BCUT2D eigenvalue weighted by molar-refractivity contribution is -0.180. The highest BCUT2D eigenvalue weighted by Crippen LogP contribution is 2.33. The molecule has 3 nitrogen and oxygen atoms in total. The zero-order valence-corrected chi connectivity index (χ0v) is 11.5. The van der Waals surface area contributed by atoms with E-state index < -0.39 is 35.6 Å². The van der Waals surface area contributed by atoms with Crippen LogP contribution < -0.4 is 5.73 Å². The quantitative estimate of drug-likeness (QED) is 0.798. The summed E-state index contributed by atoms with van der Waals surface area (Å²) in [7, 11) is 0. The summed E-state index contributed by atoms with van der Waals surface area (Å²) in [6.07, 6.45) is -5.04. The Balaban J connectivity index is 5.00. The van der Waals surface area contributed by atoms with E-state index in [1.807, 2.05) is 0 Å². The highest BCUT2D eigenvalue weighted by Gasteiger charge is 2.46. The number of carbonyl (C=O) groups is 1. The third-order valence-electron chi connectivity index (χ3n) is 2.30. The second kappa shape index (κ2) is 5.91. The fourth-order valence-electron chi connectivity index (χ4n) is 1.56. The van der Waals surface area contributed by atoms with Crippen LogP contribution in [0.5, 0.6) is 0 Å². The van der Waals surface area contributed by atoms with Crippen LogP contribution in [-0.4, -0.2) is 24.3 Å². The van der Waals surface area contributed by atoms with Crippen LogP contribution in [0.1, 0.15) is 41.0 Å². The summed E-state index contributed by atoms with van der Waals surface area (Å²) in [5.74, 6) is -2.25. The molecule has 0 spiro atoms. The molecule has 18 heavy (non-hydrogen) atoms. The average Bonchev–Trinajstić information content (AvgIpc) is 2.08. The molecule has 108 valence electrons. The van der Waals surface area contributed by atoms with Crippen LogP contribution in [-0.2, 0) is 9.53 Å². The smallest absolute Gasteiger partial charge is 0.404 e. The molecule has 0 bridgehead atoms. The predicted molar refractivity (Wildman–Crippen MR) is 62.8 cm³/mol. The highest BCUT2D eigenvalue weighted by atomic mass is 19.4. The van der Waals surface area contributed by atoms with E-state index in [0.29, 0.717) is 0 Å². The fraction of sp³-hybridized carbons (Fsp3) is 0.917. The molecule has 0 rings (SSSR count). The number of alkyl halides is 3. The number of halogens is 3. The molecule has 2 N–H and O–H groups in total. The Labute approximate surface area is 106 Å². The van der Waals surface area contributed by atoms with E-state index in [4.69, 9.17) is 10.5 Å². The Morgan fingerprint density at radius 1 is 1.22 bits per heavy atom. The summed E-state index contributed by atoms with van der Waals surface area (Å²) in [5.41, 5.74) is 4.71. The maximum absolute atomic E-state index is 12.6. The largest absolute Gasteiger partial charge is 0.463 e. The van der Waals surface area contributed by atoms with E-state index in [9.17, 15) is 18.0 Å². The van der Waals surface area contributed by atoms with Gasteiger partial charge in [0, 0.05) is 0 Å². The lowest BCUT2D eigenvalue weighted by Gasteiger charge is -2.30. The lowest BCUT2D eigenvalue weighted by atomic mass is 9.81. The van der Waals surface area contributed by atoms with Gasteiger partial charge in [-0.1, -0.05) is 20.8 Å². The minimum Gasteiger partial charge on any atom is -0.463 e. The SMILES string of the molecule is CC(C)OC(=O)[C@@H](CC(C)(C)C)[C@H](N)C(F)(F)F. The number of esters is 1. The maximum atomic E-state index is 12.6. The van der Waals surface area contributed by atoms with Crippen LogP contribution in [0.2, 0.25) is 0 Å². The van der Waals surface area contributed by atoms with Gasteiger partial charge in [-0.3, -0.25) is 4.79 Å². The molecule has 0 fully saturated rings. The monoisotopic (exact) mass is 269 g/mol. The molecule has 0 radical (unpaired) electrons. The highest BCUT2D eigenvalue weighted by molar-refractivity contribution is 5.73. The molecule has 6 heteroatoms. The van der Waals surface area contributed by atoms with Crippen LogP contribution in [0.25, 0.3) is 0 Å². The summed E-state index contributed by atoms with van der Waals surface area (Å²) in [6, 6.07) is -2.19. The van der Waals surface area contributed by atoms with E-state index >= 15 is 0 Å². The number of nitrogens with two attached hydrogens (primary N) is 1. The molecular weight excluding hydrogens is 247 g/mol. The molecule has 0 aromatic heterocycles. The van der Waals surface area contributed by atoms with Gasteiger partial charge in [0.2, 0.25) is 0 Å². The number of hydrogen-bond donors (Lipinski definition) is 1. The first kappa shape index (κ1) is 17.2. The topological polar surface area (TPSA) is 52.3 Å². The van der Waals surface area contributed by atoms with Gasteiger partial charge in [-0.2, -0.15) is 13.2 Å². The van der Waals surface area contributed by atoms with Gasteiger partial charge in [-0.15, -0.1) is 0 Å². The number of hydrogen-bond acceptors (Lipinski definition) is 3. The van der Waals surface area contributed by atoms with E-state index in [0.717, 1.165) is 0 Å². The number of carbonyl (C=O) groups excluding carboxylic acids is 1. The Morgan fingerprint density at radius 2 is 1.67 bits per heavy atom. The van der Waals surface area contributed by atoms with E-state index in [1.165, 1.54) is 0 Å². The molecule has 0 saturated carbocycles. The lowest BCUT2D eigenvalue weighted by Crippen LogP contribution is -2.48. The van der Waals surface area contributed by atoms with Crippen molar-refractivity contribution in [1.82, 2.24) is 0 Å². The third-order valence-corrected chi connectivity index (χ3v) is 2.30. The van der Waals surface area contributed by atoms with Crippen LogP contribution in [0.15, 0.2) is 0 Å². The zero-order valence-electron chi connectivity index (χ0n) is 11.5. The molecule has 0 saturated heterocycles. The van der Waals surface area contributed by atoms with Gasteiger partial charge in [-0.25, -0.2) is 0 Å². The second-order valence-corrected chi connectivity index (χ2v) is 5.92. The molecule has 0 heterocycles. The van der Waals surface area contributed by atoms with Crippen molar-refractivity contribution in [3.05, 3.63) is 0 Å². The Hall–Kier alpha value is -0.780. The van der Waals surface area contributed by atoms with Gasteiger partial charge in [0.25, 0.3) is 0 Å². The first-order valence-corrected chi connectivity index (χ1v) is 5.87. The molecule has 0 aliphatic heterocycles. The zero-order chi connectivity index (χ0) is 14.7. The minimum absolute atomic E-state index is 0.0270. The number of ether oxygens (including phenoxy) is 1. The molecule has 0 aliphatic carbocycles. The Morgan fingerprint density at radius 3 is 1.94 bits per heavy atom. The van der Waals surface area contributed by atoms with Gasteiger partial charge >= 0.3 is 12.1 Å². The molecule has 0 unspecified atom stereocenters. The van der Waals surface area contributed by atoms with Gasteiger partial charge in [0.1, 0.15) is 6.04 Å². The Bertz CT molecular complexity index is 282. The van der Waals surface area contributed by atoms with E-state index in [2.05, 4.69) is 0 Å². The molecule has 0 aromatic carbocycles. The average molecular weight is 269 g/mol. The van der Waals surface area contributed by atoms with Crippen molar-refractivity contribution in [3.63, 3.8) is 0 Å².